The third kappa shape index (κ3) is 3.86. The van der Waals surface area contributed by atoms with E-state index >= 15 is 0 Å². The molecule has 18 heavy (non-hydrogen) atoms. The van der Waals surface area contributed by atoms with Crippen LogP contribution in [0.3, 0.4) is 0 Å². The minimum absolute atomic E-state index is 0.0132. The average Bonchev–Trinajstić information content (AvgIpc) is 2.81. The molecule has 1 fully saturated rings. The van der Waals surface area contributed by atoms with E-state index in [2.05, 4.69) is 27.9 Å². The Hall–Kier alpha value is -0.780. The van der Waals surface area contributed by atoms with Gasteiger partial charge in [-0.2, -0.15) is 0 Å². The van der Waals surface area contributed by atoms with Crippen LogP contribution in [0.5, 0.6) is 5.75 Å². The van der Waals surface area contributed by atoms with Gasteiger partial charge in [0.25, 0.3) is 5.91 Å². The maximum atomic E-state index is 12.0. The van der Waals surface area contributed by atoms with Crippen LogP contribution in [-0.2, 0) is 4.79 Å². The van der Waals surface area contributed by atoms with Crippen LogP contribution >= 0.6 is 22.6 Å². The molecule has 1 unspecified atom stereocenters. The zero-order valence-electron chi connectivity index (χ0n) is 10.5. The number of hydrogen-bond acceptors (Lipinski definition) is 2. The third-order valence-corrected chi connectivity index (χ3v) is 3.85. The first kappa shape index (κ1) is 13.6. The van der Waals surface area contributed by atoms with Gasteiger partial charge in [-0.1, -0.05) is 18.9 Å². The van der Waals surface area contributed by atoms with E-state index in [4.69, 9.17) is 4.74 Å². The van der Waals surface area contributed by atoms with Crippen molar-refractivity contribution in [1.82, 2.24) is 5.32 Å². The number of nitrogens with one attached hydrogen (secondary N) is 1. The molecule has 0 aliphatic heterocycles. The zero-order chi connectivity index (χ0) is 13.0. The number of amides is 1. The van der Waals surface area contributed by atoms with Gasteiger partial charge in [0.05, 0.1) is 0 Å². The predicted molar refractivity (Wildman–Crippen MR) is 79.6 cm³/mol. The van der Waals surface area contributed by atoms with Crippen LogP contribution in [0, 0.1) is 3.57 Å². The van der Waals surface area contributed by atoms with Gasteiger partial charge in [-0.25, -0.2) is 0 Å². The van der Waals surface area contributed by atoms with E-state index in [1.807, 2.05) is 24.3 Å². The Morgan fingerprint density at radius 1 is 1.44 bits per heavy atom. The molecule has 1 aromatic carbocycles. The van der Waals surface area contributed by atoms with Gasteiger partial charge in [-0.15, -0.1) is 0 Å². The van der Waals surface area contributed by atoms with Gasteiger partial charge < -0.3 is 10.1 Å². The van der Waals surface area contributed by atoms with Gasteiger partial charge in [0.15, 0.2) is 6.10 Å². The standard InChI is InChI=1S/C14H18INO2/c1-10(14(17)16-12-6-2-3-7-12)18-13-8-4-5-11(15)9-13/h4-5,8-10,12H,2-3,6-7H2,1H3,(H,16,17). The summed E-state index contributed by atoms with van der Waals surface area (Å²) in [5.41, 5.74) is 0. The highest BCUT2D eigenvalue weighted by atomic mass is 127. The second kappa shape index (κ2) is 6.41. The fourth-order valence-electron chi connectivity index (χ4n) is 2.19. The van der Waals surface area contributed by atoms with Crippen molar-refractivity contribution in [2.75, 3.05) is 0 Å². The first-order valence-corrected chi connectivity index (χ1v) is 7.45. The summed E-state index contributed by atoms with van der Waals surface area (Å²) >= 11 is 2.23. The highest BCUT2D eigenvalue weighted by Gasteiger charge is 2.21. The summed E-state index contributed by atoms with van der Waals surface area (Å²) in [6.07, 6.45) is 4.20. The number of rotatable bonds is 4. The topological polar surface area (TPSA) is 38.3 Å². The summed E-state index contributed by atoms with van der Waals surface area (Å²) in [7, 11) is 0. The first-order chi connectivity index (χ1) is 8.65. The predicted octanol–water partition coefficient (Wildman–Crippen LogP) is 3.12. The molecule has 0 spiro atoms. The van der Waals surface area contributed by atoms with E-state index in [0.29, 0.717) is 6.04 Å². The van der Waals surface area contributed by atoms with Crippen molar-refractivity contribution in [3.05, 3.63) is 27.8 Å². The van der Waals surface area contributed by atoms with Crippen LogP contribution in [0.15, 0.2) is 24.3 Å². The van der Waals surface area contributed by atoms with Crippen LogP contribution < -0.4 is 10.1 Å². The van der Waals surface area contributed by atoms with Gasteiger partial charge in [-0.3, -0.25) is 4.79 Å². The molecule has 4 heteroatoms. The lowest BCUT2D eigenvalue weighted by molar-refractivity contribution is -0.127. The van der Waals surface area contributed by atoms with Gasteiger partial charge in [0.2, 0.25) is 0 Å². The maximum absolute atomic E-state index is 12.0. The monoisotopic (exact) mass is 359 g/mol. The number of halogens is 1. The van der Waals surface area contributed by atoms with E-state index < -0.39 is 6.10 Å². The highest BCUT2D eigenvalue weighted by molar-refractivity contribution is 14.1. The molecule has 1 aromatic rings. The van der Waals surface area contributed by atoms with Crippen LogP contribution in [0.2, 0.25) is 0 Å². The number of carbonyl (C=O) groups is 1. The molecule has 1 N–H and O–H groups in total. The van der Waals surface area contributed by atoms with E-state index in [1.165, 1.54) is 12.8 Å². The Morgan fingerprint density at radius 2 is 2.17 bits per heavy atom. The van der Waals surface area contributed by atoms with Gasteiger partial charge in [0.1, 0.15) is 5.75 Å². The molecule has 0 aromatic heterocycles. The fraction of sp³-hybridized carbons (Fsp3) is 0.500. The lowest BCUT2D eigenvalue weighted by Crippen LogP contribution is -2.41. The summed E-state index contributed by atoms with van der Waals surface area (Å²) < 4.78 is 6.76. The van der Waals surface area contributed by atoms with Crippen molar-refractivity contribution in [2.45, 2.75) is 44.8 Å². The smallest absolute Gasteiger partial charge is 0.260 e. The second-order valence-corrected chi connectivity index (χ2v) is 5.95. The lowest BCUT2D eigenvalue weighted by Gasteiger charge is -2.18. The quantitative estimate of drug-likeness (QED) is 0.839. The van der Waals surface area contributed by atoms with E-state index in [-0.39, 0.29) is 5.91 Å². The van der Waals surface area contributed by atoms with Crippen LogP contribution in [0.25, 0.3) is 0 Å². The van der Waals surface area contributed by atoms with Crippen molar-refractivity contribution >= 4 is 28.5 Å². The van der Waals surface area contributed by atoms with Gasteiger partial charge in [-0.05, 0) is 60.6 Å². The second-order valence-electron chi connectivity index (χ2n) is 4.71. The van der Waals surface area contributed by atoms with Crippen LogP contribution in [-0.4, -0.2) is 18.1 Å². The van der Waals surface area contributed by atoms with Gasteiger partial charge >= 0.3 is 0 Å². The number of carbonyl (C=O) groups excluding carboxylic acids is 1. The lowest BCUT2D eigenvalue weighted by atomic mass is 10.2. The molecule has 1 aliphatic rings. The van der Waals surface area contributed by atoms with Gasteiger partial charge in [0, 0.05) is 9.61 Å². The summed E-state index contributed by atoms with van der Waals surface area (Å²) in [6.45, 7) is 1.80. The van der Waals surface area contributed by atoms with Crippen molar-refractivity contribution < 1.29 is 9.53 Å². The minimum atomic E-state index is -0.441. The normalized spacial score (nSPS) is 17.4. The molecular weight excluding hydrogens is 341 g/mol. The molecular formula is C14H18INO2. The van der Waals surface area contributed by atoms with E-state index in [9.17, 15) is 4.79 Å². The van der Waals surface area contributed by atoms with Crippen LogP contribution in [0.1, 0.15) is 32.6 Å². The molecule has 0 heterocycles. The first-order valence-electron chi connectivity index (χ1n) is 6.38. The summed E-state index contributed by atoms with van der Waals surface area (Å²) in [4.78, 5) is 12.0. The fourth-order valence-corrected chi connectivity index (χ4v) is 2.70. The Labute approximate surface area is 121 Å². The van der Waals surface area contributed by atoms with E-state index in [0.717, 1.165) is 22.2 Å². The molecule has 0 bridgehead atoms. The molecule has 0 radical (unpaired) electrons. The van der Waals surface area contributed by atoms with Crippen molar-refractivity contribution in [3.8, 4) is 5.75 Å². The molecule has 1 saturated carbocycles. The number of benzene rings is 1. The summed E-state index contributed by atoms with van der Waals surface area (Å²) in [5.74, 6) is 0.733. The average molecular weight is 359 g/mol. The van der Waals surface area contributed by atoms with Crippen molar-refractivity contribution in [2.24, 2.45) is 0 Å². The third-order valence-electron chi connectivity index (χ3n) is 3.18. The summed E-state index contributed by atoms with van der Waals surface area (Å²) in [5, 5.41) is 3.05. The van der Waals surface area contributed by atoms with E-state index in [1.54, 1.807) is 6.92 Å². The molecule has 1 aliphatic carbocycles. The van der Waals surface area contributed by atoms with Crippen LogP contribution in [0.4, 0.5) is 0 Å². The molecule has 2 rings (SSSR count). The Morgan fingerprint density at radius 3 is 2.83 bits per heavy atom. The Kier molecular flexibility index (Phi) is 4.86. The largest absolute Gasteiger partial charge is 0.481 e. The Balaban J connectivity index is 1.86. The maximum Gasteiger partial charge on any atom is 0.260 e. The van der Waals surface area contributed by atoms with Crippen molar-refractivity contribution in [1.29, 1.82) is 0 Å². The van der Waals surface area contributed by atoms with Crippen molar-refractivity contribution in [3.63, 3.8) is 0 Å². The number of ether oxygens (including phenoxy) is 1. The molecule has 3 nitrogen and oxygen atoms in total. The molecule has 1 atom stereocenters. The number of hydrogen-bond donors (Lipinski definition) is 1. The minimum Gasteiger partial charge on any atom is -0.481 e. The SMILES string of the molecule is CC(Oc1cccc(I)c1)C(=O)NC1CCCC1. The summed E-state index contributed by atoms with van der Waals surface area (Å²) in [6, 6.07) is 8.08. The molecule has 98 valence electrons. The molecule has 0 saturated heterocycles. The highest BCUT2D eigenvalue weighted by Crippen LogP contribution is 2.19. The molecule has 1 amide bonds. The Bertz CT molecular complexity index is 416. The zero-order valence-corrected chi connectivity index (χ0v) is 12.6.